The van der Waals surface area contributed by atoms with Crippen molar-refractivity contribution in [2.24, 2.45) is 11.8 Å². The number of hydrogen-bond acceptors (Lipinski definition) is 9. The molecule has 2 fully saturated rings. The molecule has 2 saturated carbocycles. The SMILES string of the molecule is CC(C)(C)OC(=O)N(CC1CC1)c1cc(-c2nc(C(=O)Nc3cn(C4CCC(C(=O)O)CC4)nc3C(C)(C)O)co2)ccn1. The van der Waals surface area contributed by atoms with Crippen LogP contribution in [0.1, 0.15) is 95.4 Å². The molecule has 3 aromatic heterocycles. The fourth-order valence-electron chi connectivity index (χ4n) is 5.24. The van der Waals surface area contributed by atoms with Gasteiger partial charge in [0.25, 0.3) is 5.91 Å². The molecule has 2 aliphatic rings. The molecule has 0 spiro atoms. The highest BCUT2D eigenvalue weighted by Crippen LogP contribution is 2.36. The zero-order chi connectivity index (χ0) is 31.8. The van der Waals surface area contributed by atoms with Gasteiger partial charge in [0, 0.05) is 24.5 Å². The molecule has 0 unspecified atom stereocenters. The highest BCUT2D eigenvalue weighted by atomic mass is 16.6. The number of carboxylic acid groups (broad SMARTS) is 1. The lowest BCUT2D eigenvalue weighted by Crippen LogP contribution is -2.38. The van der Waals surface area contributed by atoms with Gasteiger partial charge in [0.05, 0.1) is 17.6 Å². The van der Waals surface area contributed by atoms with Crippen LogP contribution in [-0.4, -0.2) is 60.1 Å². The molecule has 13 heteroatoms. The fourth-order valence-corrected chi connectivity index (χ4v) is 5.24. The first kappa shape index (κ1) is 31.2. The zero-order valence-electron chi connectivity index (χ0n) is 25.7. The second kappa shape index (κ2) is 12.0. The number of aliphatic carboxylic acids is 1. The molecule has 0 aromatic carbocycles. The first-order valence-corrected chi connectivity index (χ1v) is 15.0. The second-order valence-electron chi connectivity index (χ2n) is 13.2. The van der Waals surface area contributed by atoms with Crippen molar-refractivity contribution in [3.05, 3.63) is 42.2 Å². The number of hydrogen-bond donors (Lipinski definition) is 3. The summed E-state index contributed by atoms with van der Waals surface area (Å²) in [5.74, 6) is -0.759. The number of aliphatic hydroxyl groups is 1. The molecule has 0 saturated heterocycles. The molecule has 0 bridgehead atoms. The number of amides is 2. The van der Waals surface area contributed by atoms with Crippen molar-refractivity contribution in [2.45, 2.75) is 90.4 Å². The Labute approximate surface area is 255 Å². The van der Waals surface area contributed by atoms with E-state index >= 15 is 0 Å². The number of carboxylic acids is 1. The average Bonchev–Trinajstić information content (AvgIpc) is 3.44. The van der Waals surface area contributed by atoms with Gasteiger partial charge in [-0.15, -0.1) is 0 Å². The maximum Gasteiger partial charge on any atom is 0.416 e. The van der Waals surface area contributed by atoms with Gasteiger partial charge in [-0.05, 0) is 91.2 Å². The molecule has 0 atom stereocenters. The van der Waals surface area contributed by atoms with Gasteiger partial charge in [-0.3, -0.25) is 19.2 Å². The van der Waals surface area contributed by atoms with Crippen LogP contribution in [0.4, 0.5) is 16.3 Å². The Hall–Kier alpha value is -4.26. The molecule has 2 amide bonds. The number of oxazole rings is 1. The minimum Gasteiger partial charge on any atom is -0.481 e. The normalized spacial score (nSPS) is 19.0. The maximum atomic E-state index is 13.3. The number of carbonyl (C=O) groups is 3. The Balaban J connectivity index is 1.33. The number of anilines is 2. The summed E-state index contributed by atoms with van der Waals surface area (Å²) in [6.07, 6.45) is 8.37. The molecule has 3 N–H and O–H groups in total. The predicted octanol–water partition coefficient (Wildman–Crippen LogP) is 5.38. The summed E-state index contributed by atoms with van der Waals surface area (Å²) >= 11 is 0. The maximum absolute atomic E-state index is 13.3. The van der Waals surface area contributed by atoms with Crippen molar-refractivity contribution < 1.29 is 33.8 Å². The number of pyridine rings is 1. The second-order valence-corrected chi connectivity index (χ2v) is 13.2. The molecule has 5 rings (SSSR count). The molecule has 44 heavy (non-hydrogen) atoms. The van der Waals surface area contributed by atoms with E-state index in [2.05, 4.69) is 20.4 Å². The van der Waals surface area contributed by atoms with Gasteiger partial charge in [0.1, 0.15) is 29.0 Å². The van der Waals surface area contributed by atoms with Gasteiger partial charge in [-0.2, -0.15) is 5.10 Å². The van der Waals surface area contributed by atoms with Crippen LogP contribution >= 0.6 is 0 Å². The van der Waals surface area contributed by atoms with E-state index in [0.29, 0.717) is 55.2 Å². The van der Waals surface area contributed by atoms with Gasteiger partial charge >= 0.3 is 12.1 Å². The molecule has 3 aromatic rings. The van der Waals surface area contributed by atoms with Gasteiger partial charge in [-0.1, -0.05) is 0 Å². The number of carbonyl (C=O) groups excluding carboxylic acids is 2. The van der Waals surface area contributed by atoms with Crippen LogP contribution in [-0.2, 0) is 15.1 Å². The molecule has 236 valence electrons. The Morgan fingerprint density at radius 1 is 1.11 bits per heavy atom. The van der Waals surface area contributed by atoms with E-state index in [4.69, 9.17) is 9.15 Å². The summed E-state index contributed by atoms with van der Waals surface area (Å²) in [6.45, 7) is 9.08. The number of nitrogens with one attached hydrogen (secondary N) is 1. The fraction of sp³-hybridized carbons (Fsp3) is 0.548. The van der Waals surface area contributed by atoms with Crippen LogP contribution < -0.4 is 10.2 Å². The summed E-state index contributed by atoms with van der Waals surface area (Å²) in [6, 6.07) is 3.31. The molecule has 2 aliphatic carbocycles. The number of rotatable bonds is 9. The van der Waals surface area contributed by atoms with E-state index in [-0.39, 0.29) is 29.2 Å². The Morgan fingerprint density at radius 2 is 1.82 bits per heavy atom. The Morgan fingerprint density at radius 3 is 2.43 bits per heavy atom. The van der Waals surface area contributed by atoms with E-state index in [1.807, 2.05) is 20.8 Å². The van der Waals surface area contributed by atoms with Crippen LogP contribution in [0.3, 0.4) is 0 Å². The van der Waals surface area contributed by atoms with Crippen molar-refractivity contribution >= 4 is 29.5 Å². The van der Waals surface area contributed by atoms with Crippen molar-refractivity contribution in [1.82, 2.24) is 19.7 Å². The number of aromatic nitrogens is 4. The molecule has 0 radical (unpaired) electrons. The number of nitrogens with zero attached hydrogens (tertiary/aromatic N) is 5. The smallest absolute Gasteiger partial charge is 0.416 e. The van der Waals surface area contributed by atoms with Crippen molar-refractivity contribution in [1.29, 1.82) is 0 Å². The Bertz CT molecular complexity index is 1520. The topological polar surface area (TPSA) is 173 Å². The minimum absolute atomic E-state index is 0.0109. The Kier molecular flexibility index (Phi) is 8.52. The van der Waals surface area contributed by atoms with E-state index < -0.39 is 29.2 Å². The van der Waals surface area contributed by atoms with Gasteiger partial charge < -0.3 is 24.7 Å². The molecule has 3 heterocycles. The summed E-state index contributed by atoms with van der Waals surface area (Å²) in [4.78, 5) is 47.9. The summed E-state index contributed by atoms with van der Waals surface area (Å²) < 4.78 is 13.0. The largest absolute Gasteiger partial charge is 0.481 e. The molecular formula is C31H40N6O7. The highest BCUT2D eigenvalue weighted by Gasteiger charge is 2.33. The van der Waals surface area contributed by atoms with E-state index in [1.54, 1.807) is 43.1 Å². The van der Waals surface area contributed by atoms with Crippen LogP contribution in [0, 0.1) is 11.8 Å². The standard InChI is InChI=1S/C31H40N6O7/c1-30(2,3)44-29(41)36(15-18-6-7-18)24-14-20(12-13-32-24)27-34-23(17-43-27)26(38)33-22-16-37(35-25(22)31(4,5)42)21-10-8-19(9-11-21)28(39)40/h12-14,16-19,21,42H,6-11,15H2,1-5H3,(H,33,38)(H,39,40). The zero-order valence-corrected chi connectivity index (χ0v) is 25.7. The van der Waals surface area contributed by atoms with Crippen LogP contribution in [0.5, 0.6) is 0 Å². The van der Waals surface area contributed by atoms with Gasteiger partial charge in [-0.25, -0.2) is 14.8 Å². The first-order chi connectivity index (χ1) is 20.7. The molecular weight excluding hydrogens is 568 g/mol. The van der Waals surface area contributed by atoms with Crippen LogP contribution in [0.2, 0.25) is 0 Å². The average molecular weight is 609 g/mol. The van der Waals surface area contributed by atoms with E-state index in [0.717, 1.165) is 12.8 Å². The van der Waals surface area contributed by atoms with E-state index in [9.17, 15) is 24.6 Å². The summed E-state index contributed by atoms with van der Waals surface area (Å²) in [7, 11) is 0. The van der Waals surface area contributed by atoms with Crippen molar-refractivity contribution in [3.63, 3.8) is 0 Å². The van der Waals surface area contributed by atoms with Crippen LogP contribution in [0.25, 0.3) is 11.5 Å². The lowest BCUT2D eigenvalue weighted by atomic mass is 9.86. The molecule has 13 nitrogen and oxygen atoms in total. The third-order valence-corrected chi connectivity index (χ3v) is 7.74. The highest BCUT2D eigenvalue weighted by molar-refractivity contribution is 6.03. The van der Waals surface area contributed by atoms with Gasteiger partial charge in [0.2, 0.25) is 5.89 Å². The minimum atomic E-state index is -1.35. The monoisotopic (exact) mass is 608 g/mol. The number of ether oxygens (including phenoxy) is 1. The lowest BCUT2D eigenvalue weighted by Gasteiger charge is -2.27. The lowest BCUT2D eigenvalue weighted by molar-refractivity contribution is -0.143. The summed E-state index contributed by atoms with van der Waals surface area (Å²) in [5.41, 5.74) is -0.868. The first-order valence-electron chi connectivity index (χ1n) is 15.0. The van der Waals surface area contributed by atoms with Crippen LogP contribution in [0.15, 0.2) is 35.2 Å². The third kappa shape index (κ3) is 7.44. The van der Waals surface area contributed by atoms with Crippen molar-refractivity contribution in [3.8, 4) is 11.5 Å². The van der Waals surface area contributed by atoms with Crippen molar-refractivity contribution in [2.75, 3.05) is 16.8 Å². The van der Waals surface area contributed by atoms with E-state index in [1.165, 1.54) is 11.2 Å². The molecule has 0 aliphatic heterocycles. The third-order valence-electron chi connectivity index (χ3n) is 7.74. The quantitative estimate of drug-likeness (QED) is 0.286. The predicted molar refractivity (Wildman–Crippen MR) is 160 cm³/mol. The summed E-state index contributed by atoms with van der Waals surface area (Å²) in [5, 5.41) is 27.5. The van der Waals surface area contributed by atoms with Gasteiger partial charge in [0.15, 0.2) is 5.69 Å².